The normalized spacial score (nSPS) is 16.4. The van der Waals surface area contributed by atoms with Gasteiger partial charge in [-0.1, -0.05) is 6.07 Å². The van der Waals surface area contributed by atoms with Gasteiger partial charge in [-0.25, -0.2) is 4.98 Å². The minimum absolute atomic E-state index is 0.583. The summed E-state index contributed by atoms with van der Waals surface area (Å²) in [4.78, 5) is 4.47. The zero-order valence-corrected chi connectivity index (χ0v) is 7.98. The lowest BCUT2D eigenvalue weighted by Gasteiger charge is -2.02. The summed E-state index contributed by atoms with van der Waals surface area (Å²) in [5, 5.41) is 0. The molecule has 0 spiro atoms. The van der Waals surface area contributed by atoms with Crippen molar-refractivity contribution in [2.45, 2.75) is 25.3 Å². The van der Waals surface area contributed by atoms with Crippen LogP contribution in [0.3, 0.4) is 0 Å². The number of pyridine rings is 1. The van der Waals surface area contributed by atoms with E-state index >= 15 is 0 Å². The van der Waals surface area contributed by atoms with Gasteiger partial charge in [-0.05, 0) is 24.5 Å². The molecule has 3 rings (SSSR count). The van der Waals surface area contributed by atoms with Gasteiger partial charge in [-0.2, -0.15) is 0 Å². The van der Waals surface area contributed by atoms with Gasteiger partial charge in [0.1, 0.15) is 5.82 Å². The maximum absolute atomic E-state index is 5.68. The first kappa shape index (κ1) is 8.00. The second kappa shape index (κ2) is 2.82. The average molecular weight is 187 g/mol. The Bertz CT molecular complexity index is 468. The van der Waals surface area contributed by atoms with Gasteiger partial charge in [-0.15, -0.1) is 0 Å². The molecule has 2 heterocycles. The average Bonchev–Trinajstić information content (AvgIpc) is 2.97. The smallest absolute Gasteiger partial charge is 0.116 e. The summed E-state index contributed by atoms with van der Waals surface area (Å²) in [7, 11) is 0. The van der Waals surface area contributed by atoms with E-state index in [4.69, 9.17) is 5.73 Å². The number of hydrogen-bond acceptors (Lipinski definition) is 2. The first-order chi connectivity index (χ1) is 6.90. The summed E-state index contributed by atoms with van der Waals surface area (Å²) in [5.74, 6) is 1.89. The zero-order valence-electron chi connectivity index (χ0n) is 7.98. The number of rotatable bonds is 2. The lowest BCUT2D eigenvalue weighted by atomic mass is 10.2. The Kier molecular flexibility index (Phi) is 1.61. The quantitative estimate of drug-likeness (QED) is 0.777. The molecule has 1 aliphatic carbocycles. The highest BCUT2D eigenvalue weighted by Gasteiger charge is 2.27. The Labute approximate surface area is 82.6 Å². The van der Waals surface area contributed by atoms with E-state index in [1.54, 1.807) is 0 Å². The highest BCUT2D eigenvalue weighted by atomic mass is 15.0. The van der Waals surface area contributed by atoms with E-state index in [0.717, 1.165) is 5.52 Å². The third-order valence-corrected chi connectivity index (χ3v) is 2.85. The summed E-state index contributed by atoms with van der Waals surface area (Å²) in [6.45, 7) is 0.583. The van der Waals surface area contributed by atoms with Gasteiger partial charge in [0.2, 0.25) is 0 Å². The van der Waals surface area contributed by atoms with E-state index in [9.17, 15) is 0 Å². The van der Waals surface area contributed by atoms with Crippen LogP contribution in [-0.2, 0) is 6.54 Å². The van der Waals surface area contributed by atoms with Crippen molar-refractivity contribution < 1.29 is 0 Å². The first-order valence-electron chi connectivity index (χ1n) is 5.05. The number of imidazole rings is 1. The fraction of sp³-hybridized carbons (Fsp3) is 0.364. The molecule has 0 amide bonds. The second-order valence-electron chi connectivity index (χ2n) is 3.88. The van der Waals surface area contributed by atoms with E-state index in [1.807, 2.05) is 12.3 Å². The van der Waals surface area contributed by atoms with Crippen LogP contribution in [0.25, 0.3) is 5.52 Å². The van der Waals surface area contributed by atoms with Gasteiger partial charge in [0.05, 0.1) is 11.7 Å². The molecule has 1 saturated carbocycles. The summed E-state index contributed by atoms with van der Waals surface area (Å²) in [6.07, 6.45) is 6.59. The fourth-order valence-corrected chi connectivity index (χ4v) is 1.92. The third-order valence-electron chi connectivity index (χ3n) is 2.85. The maximum Gasteiger partial charge on any atom is 0.116 e. The molecule has 1 fully saturated rings. The van der Waals surface area contributed by atoms with Crippen LogP contribution in [0.15, 0.2) is 24.5 Å². The molecular formula is C11H13N3. The molecule has 0 aromatic carbocycles. The largest absolute Gasteiger partial charge is 0.326 e. The van der Waals surface area contributed by atoms with Crippen LogP contribution in [0, 0.1) is 0 Å². The molecular weight excluding hydrogens is 174 g/mol. The lowest BCUT2D eigenvalue weighted by molar-refractivity contribution is 0.915. The van der Waals surface area contributed by atoms with E-state index in [0.29, 0.717) is 12.5 Å². The highest BCUT2D eigenvalue weighted by Crippen LogP contribution is 2.39. The summed E-state index contributed by atoms with van der Waals surface area (Å²) < 4.78 is 2.18. The minimum atomic E-state index is 0.583. The van der Waals surface area contributed by atoms with Crippen molar-refractivity contribution in [3.63, 3.8) is 0 Å². The summed E-state index contributed by atoms with van der Waals surface area (Å²) in [6, 6.07) is 4.11. The Morgan fingerprint density at radius 2 is 2.36 bits per heavy atom. The monoisotopic (exact) mass is 187 g/mol. The second-order valence-corrected chi connectivity index (χ2v) is 3.88. The molecule has 3 heteroatoms. The minimum Gasteiger partial charge on any atom is -0.326 e. The number of aromatic nitrogens is 2. The van der Waals surface area contributed by atoms with Gasteiger partial charge < -0.3 is 10.1 Å². The molecule has 2 aromatic heterocycles. The molecule has 72 valence electrons. The molecule has 1 aliphatic rings. The predicted octanol–water partition coefficient (Wildman–Crippen LogP) is 1.67. The Hall–Kier alpha value is -1.35. The highest BCUT2D eigenvalue weighted by molar-refractivity contribution is 5.54. The molecule has 0 radical (unpaired) electrons. The molecule has 14 heavy (non-hydrogen) atoms. The maximum atomic E-state index is 5.68. The number of nitrogens with zero attached hydrogens (tertiary/aromatic N) is 2. The first-order valence-corrected chi connectivity index (χ1v) is 5.05. The molecule has 2 N–H and O–H groups in total. The number of hydrogen-bond donors (Lipinski definition) is 1. The summed E-state index contributed by atoms with van der Waals surface area (Å²) in [5.41, 5.74) is 8.01. The molecule has 0 unspecified atom stereocenters. The molecule has 0 atom stereocenters. The Balaban J connectivity index is 2.25. The van der Waals surface area contributed by atoms with Crippen molar-refractivity contribution in [3.8, 4) is 0 Å². The van der Waals surface area contributed by atoms with E-state index < -0.39 is 0 Å². The molecule has 0 aliphatic heterocycles. The fourth-order valence-electron chi connectivity index (χ4n) is 1.92. The van der Waals surface area contributed by atoms with Crippen LogP contribution in [0.2, 0.25) is 0 Å². The predicted molar refractivity (Wildman–Crippen MR) is 55.1 cm³/mol. The summed E-state index contributed by atoms with van der Waals surface area (Å²) >= 11 is 0. The van der Waals surface area contributed by atoms with Crippen LogP contribution in [0.1, 0.15) is 30.1 Å². The third kappa shape index (κ3) is 1.06. The topological polar surface area (TPSA) is 43.3 Å². The Morgan fingerprint density at radius 1 is 1.50 bits per heavy atom. The van der Waals surface area contributed by atoms with Crippen molar-refractivity contribution in [2.24, 2.45) is 5.73 Å². The van der Waals surface area contributed by atoms with Crippen molar-refractivity contribution in [2.75, 3.05) is 0 Å². The van der Waals surface area contributed by atoms with E-state index in [-0.39, 0.29) is 0 Å². The van der Waals surface area contributed by atoms with Crippen molar-refractivity contribution in [3.05, 3.63) is 35.9 Å². The number of fused-ring (bicyclic) bond motifs is 1. The van der Waals surface area contributed by atoms with Crippen LogP contribution in [0.5, 0.6) is 0 Å². The van der Waals surface area contributed by atoms with Crippen LogP contribution >= 0.6 is 0 Å². The molecule has 0 saturated heterocycles. The standard InChI is InChI=1S/C11H13N3/c12-6-9-2-1-5-14-10(9)7-13-11(14)8-3-4-8/h1-2,5,7-8H,3-4,6,12H2. The number of nitrogens with two attached hydrogens (primary N) is 1. The van der Waals surface area contributed by atoms with Gasteiger partial charge in [0.15, 0.2) is 0 Å². The SMILES string of the molecule is NCc1cccn2c(C3CC3)ncc12. The molecule has 3 nitrogen and oxygen atoms in total. The van der Waals surface area contributed by atoms with Gasteiger partial charge in [0, 0.05) is 18.7 Å². The van der Waals surface area contributed by atoms with Gasteiger partial charge >= 0.3 is 0 Å². The molecule has 2 aromatic rings. The van der Waals surface area contributed by atoms with E-state index in [1.165, 1.54) is 24.2 Å². The van der Waals surface area contributed by atoms with E-state index in [2.05, 4.69) is 21.6 Å². The van der Waals surface area contributed by atoms with Crippen LogP contribution < -0.4 is 5.73 Å². The van der Waals surface area contributed by atoms with Crippen molar-refractivity contribution in [1.29, 1.82) is 0 Å². The zero-order chi connectivity index (χ0) is 9.54. The van der Waals surface area contributed by atoms with Crippen LogP contribution in [0.4, 0.5) is 0 Å². The molecule has 0 bridgehead atoms. The van der Waals surface area contributed by atoms with Crippen molar-refractivity contribution in [1.82, 2.24) is 9.38 Å². The van der Waals surface area contributed by atoms with Gasteiger partial charge in [0.25, 0.3) is 0 Å². The van der Waals surface area contributed by atoms with Crippen LogP contribution in [-0.4, -0.2) is 9.38 Å². The van der Waals surface area contributed by atoms with Gasteiger partial charge in [-0.3, -0.25) is 0 Å². The lowest BCUT2D eigenvalue weighted by Crippen LogP contribution is -2.00. The Morgan fingerprint density at radius 3 is 3.07 bits per heavy atom. The van der Waals surface area contributed by atoms with Crippen molar-refractivity contribution >= 4 is 5.52 Å².